The van der Waals surface area contributed by atoms with E-state index in [1.807, 2.05) is 0 Å². The number of hydrogen-bond acceptors (Lipinski definition) is 5. The minimum Gasteiger partial charge on any atom is -0.381 e. The third-order valence-corrected chi connectivity index (χ3v) is 3.87. The van der Waals surface area contributed by atoms with Gasteiger partial charge in [0.1, 0.15) is 0 Å². The van der Waals surface area contributed by atoms with Crippen LogP contribution in [0.15, 0.2) is 0 Å². The van der Waals surface area contributed by atoms with Crippen molar-refractivity contribution in [2.75, 3.05) is 31.3 Å². The maximum Gasteiger partial charge on any atom is 0.233 e. The average Bonchev–Trinajstić information content (AvgIpc) is 2.01. The van der Waals surface area contributed by atoms with Crippen molar-refractivity contribution >= 4 is 29.8 Å². The third-order valence-electron chi connectivity index (χ3n) is 1.37. The molecule has 0 rings (SSSR count). The Morgan fingerprint density at radius 3 is 2.27 bits per heavy atom. The third kappa shape index (κ3) is 10.4. The van der Waals surface area contributed by atoms with Gasteiger partial charge in [-0.3, -0.25) is 0 Å². The summed E-state index contributed by atoms with van der Waals surface area (Å²) in [5.74, 6) is -0.619. The zero-order valence-corrected chi connectivity index (χ0v) is 10.7. The molecule has 6 nitrogen and oxygen atoms in total. The molecule has 0 fully saturated rings. The molecule has 0 aliphatic carbocycles. The second-order valence-electron chi connectivity index (χ2n) is 2.65. The lowest BCUT2D eigenvalue weighted by Gasteiger charge is -2.05. The van der Waals surface area contributed by atoms with Crippen molar-refractivity contribution in [1.82, 2.24) is 4.72 Å². The monoisotopic (exact) mass is 279 g/mol. The van der Waals surface area contributed by atoms with E-state index >= 15 is 0 Å². The molecule has 0 unspecified atom stereocenters. The van der Waals surface area contributed by atoms with Crippen LogP contribution in [0.4, 0.5) is 0 Å². The fourth-order valence-corrected chi connectivity index (χ4v) is 2.31. The van der Waals surface area contributed by atoms with E-state index in [1.54, 1.807) is 6.92 Å². The molecule has 0 radical (unpaired) electrons. The molecular formula is C6H14ClNO5S2. The highest BCUT2D eigenvalue weighted by atomic mass is 35.7. The Labute approximate surface area is 94.4 Å². The summed E-state index contributed by atoms with van der Waals surface area (Å²) in [4.78, 5) is 0. The van der Waals surface area contributed by atoms with Crippen LogP contribution in [0.3, 0.4) is 0 Å². The zero-order valence-electron chi connectivity index (χ0n) is 8.27. The number of ether oxygens (including phenoxy) is 1. The van der Waals surface area contributed by atoms with Gasteiger partial charge >= 0.3 is 0 Å². The SMILES string of the molecule is CCOCCS(=O)(=O)NCCS(=O)(=O)Cl. The number of halogens is 1. The smallest absolute Gasteiger partial charge is 0.233 e. The minimum atomic E-state index is -3.66. The summed E-state index contributed by atoms with van der Waals surface area (Å²) in [5, 5.41) is 0. The van der Waals surface area contributed by atoms with Gasteiger partial charge in [-0.2, -0.15) is 0 Å². The summed E-state index contributed by atoms with van der Waals surface area (Å²) in [6.07, 6.45) is 0. The van der Waals surface area contributed by atoms with Gasteiger partial charge in [0, 0.05) is 23.8 Å². The topological polar surface area (TPSA) is 89.5 Å². The van der Waals surface area contributed by atoms with E-state index in [0.29, 0.717) is 6.61 Å². The molecule has 0 amide bonds. The Kier molecular flexibility index (Phi) is 6.69. The molecule has 15 heavy (non-hydrogen) atoms. The molecule has 0 aliphatic heterocycles. The van der Waals surface area contributed by atoms with Crippen LogP contribution in [0.2, 0.25) is 0 Å². The van der Waals surface area contributed by atoms with E-state index in [0.717, 1.165) is 0 Å². The van der Waals surface area contributed by atoms with Crippen LogP contribution in [0.25, 0.3) is 0 Å². The van der Waals surface area contributed by atoms with Crippen LogP contribution >= 0.6 is 10.7 Å². The average molecular weight is 280 g/mol. The van der Waals surface area contributed by atoms with Crippen LogP contribution in [0.5, 0.6) is 0 Å². The summed E-state index contributed by atoms with van der Waals surface area (Å²) in [7, 11) is -2.23. The largest absolute Gasteiger partial charge is 0.381 e. The Bertz CT molecular complexity index is 363. The summed E-state index contributed by atoms with van der Waals surface area (Å²) in [6.45, 7) is 2.05. The molecule has 0 aliphatic rings. The summed E-state index contributed by atoms with van der Waals surface area (Å²) >= 11 is 0. The molecule has 0 aromatic carbocycles. The van der Waals surface area contributed by atoms with E-state index in [9.17, 15) is 16.8 Å². The normalized spacial score (nSPS) is 12.9. The van der Waals surface area contributed by atoms with Crippen molar-refractivity contribution < 1.29 is 21.6 Å². The van der Waals surface area contributed by atoms with Gasteiger partial charge in [0.05, 0.1) is 18.1 Å². The lowest BCUT2D eigenvalue weighted by atomic mass is 10.8. The Hall–Kier alpha value is 0.110. The van der Waals surface area contributed by atoms with Crippen molar-refractivity contribution in [2.24, 2.45) is 0 Å². The second-order valence-corrected chi connectivity index (χ2v) is 7.48. The Morgan fingerprint density at radius 1 is 1.20 bits per heavy atom. The lowest BCUT2D eigenvalue weighted by molar-refractivity contribution is 0.163. The standard InChI is InChI=1S/C6H14ClNO5S2/c1-2-13-4-6-15(11,12)8-3-5-14(7,9)10/h8H,2-6H2,1H3. The van der Waals surface area contributed by atoms with E-state index < -0.39 is 24.8 Å². The molecule has 92 valence electrons. The first-order valence-electron chi connectivity index (χ1n) is 4.24. The number of sulfonamides is 1. The first kappa shape index (κ1) is 15.1. The number of nitrogens with one attached hydrogen (secondary N) is 1. The van der Waals surface area contributed by atoms with Crippen molar-refractivity contribution in [3.8, 4) is 0 Å². The van der Waals surface area contributed by atoms with Crippen LogP contribution in [-0.4, -0.2) is 48.1 Å². The highest BCUT2D eigenvalue weighted by Gasteiger charge is 2.11. The van der Waals surface area contributed by atoms with Crippen LogP contribution in [-0.2, 0) is 23.8 Å². The molecule has 0 bridgehead atoms. The van der Waals surface area contributed by atoms with Gasteiger partial charge in [0.25, 0.3) is 0 Å². The molecular weight excluding hydrogens is 266 g/mol. The zero-order chi connectivity index (χ0) is 11.9. The van der Waals surface area contributed by atoms with Crippen molar-refractivity contribution in [2.45, 2.75) is 6.92 Å². The Morgan fingerprint density at radius 2 is 1.80 bits per heavy atom. The first-order valence-corrected chi connectivity index (χ1v) is 8.37. The Balaban J connectivity index is 3.85. The van der Waals surface area contributed by atoms with E-state index in [1.165, 1.54) is 0 Å². The molecule has 0 heterocycles. The number of hydrogen-bond donors (Lipinski definition) is 1. The quantitative estimate of drug-likeness (QED) is 0.478. The van der Waals surface area contributed by atoms with E-state index in [2.05, 4.69) is 4.72 Å². The van der Waals surface area contributed by atoms with Gasteiger partial charge in [-0.05, 0) is 6.92 Å². The van der Waals surface area contributed by atoms with Gasteiger partial charge in [0.2, 0.25) is 19.1 Å². The minimum absolute atomic E-state index is 0.0828. The van der Waals surface area contributed by atoms with E-state index in [4.69, 9.17) is 15.4 Å². The fraction of sp³-hybridized carbons (Fsp3) is 1.00. The van der Waals surface area contributed by atoms with Gasteiger partial charge < -0.3 is 4.74 Å². The number of rotatable bonds is 8. The molecule has 0 spiro atoms. The maximum atomic E-state index is 11.2. The second kappa shape index (κ2) is 6.64. The van der Waals surface area contributed by atoms with Crippen molar-refractivity contribution in [3.05, 3.63) is 0 Å². The predicted octanol–water partition coefficient (Wildman–Crippen LogP) is -0.489. The summed E-state index contributed by atoms with van der Waals surface area (Å²) in [5.41, 5.74) is 0. The molecule has 1 N–H and O–H groups in total. The molecule has 0 aromatic heterocycles. The summed E-state index contributed by atoms with van der Waals surface area (Å²) < 4.78 is 50.2. The first-order chi connectivity index (χ1) is 6.77. The molecule has 0 aromatic rings. The van der Waals surface area contributed by atoms with Gasteiger partial charge in [-0.25, -0.2) is 21.6 Å². The highest BCUT2D eigenvalue weighted by molar-refractivity contribution is 8.13. The fourth-order valence-electron chi connectivity index (χ4n) is 0.704. The van der Waals surface area contributed by atoms with Crippen LogP contribution in [0.1, 0.15) is 6.92 Å². The van der Waals surface area contributed by atoms with E-state index in [-0.39, 0.29) is 18.9 Å². The molecule has 0 saturated heterocycles. The van der Waals surface area contributed by atoms with Gasteiger partial charge in [-0.1, -0.05) is 0 Å². The summed E-state index contributed by atoms with van der Waals surface area (Å²) in [6, 6.07) is 0. The molecule has 0 saturated carbocycles. The molecule has 9 heteroatoms. The van der Waals surface area contributed by atoms with Crippen molar-refractivity contribution in [3.63, 3.8) is 0 Å². The molecule has 0 atom stereocenters. The van der Waals surface area contributed by atoms with Crippen molar-refractivity contribution in [1.29, 1.82) is 0 Å². The lowest BCUT2D eigenvalue weighted by Crippen LogP contribution is -2.31. The van der Waals surface area contributed by atoms with Gasteiger partial charge in [0.15, 0.2) is 0 Å². The maximum absolute atomic E-state index is 11.2. The predicted molar refractivity (Wildman–Crippen MR) is 57.9 cm³/mol. The van der Waals surface area contributed by atoms with Gasteiger partial charge in [-0.15, -0.1) is 0 Å². The highest BCUT2D eigenvalue weighted by Crippen LogP contribution is 1.94. The van der Waals surface area contributed by atoms with Crippen LogP contribution in [0, 0.1) is 0 Å². The van der Waals surface area contributed by atoms with Crippen LogP contribution < -0.4 is 4.72 Å².